The van der Waals surface area contributed by atoms with E-state index in [0.717, 1.165) is 19.4 Å². The SMILES string of the molecule is CN1C[C@@](C)(CC#N)C[C@@H]2c3cccc4[nH]cc(c34)C[C@H]21. The summed E-state index contributed by atoms with van der Waals surface area (Å²) in [6.45, 7) is 3.30. The second kappa shape index (κ2) is 4.35. The Balaban J connectivity index is 1.84. The predicted molar refractivity (Wildman–Crippen MR) is 84.1 cm³/mol. The number of hydrogen-bond donors (Lipinski definition) is 1. The number of fused-ring (bicyclic) bond motifs is 2. The second-order valence-electron chi connectivity index (χ2n) is 7.23. The monoisotopic (exact) mass is 279 g/mol. The van der Waals surface area contributed by atoms with Gasteiger partial charge in [-0.2, -0.15) is 5.26 Å². The van der Waals surface area contributed by atoms with Crippen molar-refractivity contribution in [3.63, 3.8) is 0 Å². The fourth-order valence-electron chi connectivity index (χ4n) is 4.67. The Kier molecular flexibility index (Phi) is 2.68. The molecule has 2 aliphatic rings. The largest absolute Gasteiger partial charge is 0.361 e. The van der Waals surface area contributed by atoms with E-state index in [-0.39, 0.29) is 5.41 Å². The smallest absolute Gasteiger partial charge is 0.0627 e. The van der Waals surface area contributed by atoms with Gasteiger partial charge in [-0.1, -0.05) is 19.1 Å². The molecule has 1 aliphatic carbocycles. The zero-order valence-electron chi connectivity index (χ0n) is 12.7. The molecule has 0 radical (unpaired) electrons. The summed E-state index contributed by atoms with van der Waals surface area (Å²) < 4.78 is 0. The third kappa shape index (κ3) is 1.82. The van der Waals surface area contributed by atoms with E-state index in [1.807, 2.05) is 0 Å². The zero-order chi connectivity index (χ0) is 14.6. The molecule has 1 aromatic heterocycles. The summed E-state index contributed by atoms with van der Waals surface area (Å²) >= 11 is 0. The van der Waals surface area contributed by atoms with Crippen LogP contribution in [0.2, 0.25) is 0 Å². The molecule has 0 unspecified atom stereocenters. The molecular formula is C18H21N3. The molecule has 0 saturated carbocycles. The summed E-state index contributed by atoms with van der Waals surface area (Å²) in [5, 5.41) is 10.6. The molecule has 1 aliphatic heterocycles. The average Bonchev–Trinajstić information content (AvgIpc) is 2.85. The van der Waals surface area contributed by atoms with E-state index in [1.54, 1.807) is 0 Å². The van der Waals surface area contributed by atoms with Gasteiger partial charge in [0.15, 0.2) is 0 Å². The van der Waals surface area contributed by atoms with Gasteiger partial charge in [0.1, 0.15) is 0 Å². The highest BCUT2D eigenvalue weighted by atomic mass is 15.2. The lowest BCUT2D eigenvalue weighted by atomic mass is 9.66. The first-order chi connectivity index (χ1) is 10.1. The molecule has 0 bridgehead atoms. The van der Waals surface area contributed by atoms with Gasteiger partial charge in [-0.3, -0.25) is 0 Å². The van der Waals surface area contributed by atoms with E-state index in [9.17, 15) is 0 Å². The minimum absolute atomic E-state index is 0.112. The molecular weight excluding hydrogens is 258 g/mol. The van der Waals surface area contributed by atoms with E-state index in [4.69, 9.17) is 5.26 Å². The summed E-state index contributed by atoms with van der Waals surface area (Å²) in [6.07, 6.45) is 5.08. The van der Waals surface area contributed by atoms with Gasteiger partial charge in [0.05, 0.1) is 6.07 Å². The summed E-state index contributed by atoms with van der Waals surface area (Å²) in [4.78, 5) is 5.91. The van der Waals surface area contributed by atoms with Gasteiger partial charge in [-0.25, -0.2) is 0 Å². The molecule has 2 heterocycles. The number of nitrogens with zero attached hydrogens (tertiary/aromatic N) is 2. The Morgan fingerprint density at radius 3 is 3.14 bits per heavy atom. The van der Waals surface area contributed by atoms with Crippen molar-refractivity contribution in [2.75, 3.05) is 13.6 Å². The van der Waals surface area contributed by atoms with Crippen LogP contribution in [-0.2, 0) is 6.42 Å². The number of H-pyrrole nitrogens is 1. The summed E-state index contributed by atoms with van der Waals surface area (Å²) in [5.74, 6) is 0.550. The first-order valence-corrected chi connectivity index (χ1v) is 7.77. The van der Waals surface area contributed by atoms with Crippen molar-refractivity contribution in [1.82, 2.24) is 9.88 Å². The molecule has 1 N–H and O–H groups in total. The van der Waals surface area contributed by atoms with Crippen molar-refractivity contribution >= 4 is 10.9 Å². The maximum Gasteiger partial charge on any atom is 0.0627 e. The fraction of sp³-hybridized carbons (Fsp3) is 0.500. The molecule has 3 atom stereocenters. The quantitative estimate of drug-likeness (QED) is 0.869. The minimum Gasteiger partial charge on any atom is -0.361 e. The third-order valence-electron chi connectivity index (χ3n) is 5.53. The fourth-order valence-corrected chi connectivity index (χ4v) is 4.67. The van der Waals surface area contributed by atoms with Gasteiger partial charge in [0.25, 0.3) is 0 Å². The number of hydrogen-bond acceptors (Lipinski definition) is 2. The van der Waals surface area contributed by atoms with Gasteiger partial charge in [0, 0.05) is 42.0 Å². The van der Waals surface area contributed by atoms with Crippen molar-refractivity contribution < 1.29 is 0 Å². The maximum atomic E-state index is 9.17. The highest BCUT2D eigenvalue weighted by Gasteiger charge is 2.44. The molecule has 2 aromatic rings. The van der Waals surface area contributed by atoms with Gasteiger partial charge in [0.2, 0.25) is 0 Å². The normalized spacial score (nSPS) is 31.9. The van der Waals surface area contributed by atoms with E-state index >= 15 is 0 Å². The summed E-state index contributed by atoms with van der Waals surface area (Å²) in [6, 6.07) is 9.60. The van der Waals surface area contributed by atoms with Crippen molar-refractivity contribution in [3.05, 3.63) is 35.5 Å². The topological polar surface area (TPSA) is 42.8 Å². The van der Waals surface area contributed by atoms with Gasteiger partial charge >= 0.3 is 0 Å². The van der Waals surface area contributed by atoms with Crippen LogP contribution in [0.15, 0.2) is 24.4 Å². The lowest BCUT2D eigenvalue weighted by Crippen LogP contribution is -2.51. The van der Waals surface area contributed by atoms with E-state index in [2.05, 4.69) is 54.3 Å². The van der Waals surface area contributed by atoms with E-state index in [1.165, 1.54) is 22.0 Å². The Morgan fingerprint density at radius 1 is 1.48 bits per heavy atom. The minimum atomic E-state index is 0.112. The molecule has 108 valence electrons. The Hall–Kier alpha value is -1.79. The molecule has 1 aromatic carbocycles. The van der Waals surface area contributed by atoms with Gasteiger partial charge < -0.3 is 9.88 Å². The second-order valence-corrected chi connectivity index (χ2v) is 7.23. The lowest BCUT2D eigenvalue weighted by molar-refractivity contribution is 0.0561. The Morgan fingerprint density at radius 2 is 2.33 bits per heavy atom. The number of likely N-dealkylation sites (tertiary alicyclic amines) is 1. The molecule has 3 nitrogen and oxygen atoms in total. The van der Waals surface area contributed by atoms with Crippen LogP contribution in [-0.4, -0.2) is 29.5 Å². The van der Waals surface area contributed by atoms with Crippen LogP contribution in [0.4, 0.5) is 0 Å². The van der Waals surface area contributed by atoms with Crippen LogP contribution in [0.3, 0.4) is 0 Å². The highest BCUT2D eigenvalue weighted by Crippen LogP contribution is 2.48. The highest BCUT2D eigenvalue weighted by molar-refractivity contribution is 5.88. The molecule has 1 fully saturated rings. The molecule has 3 heteroatoms. The molecule has 4 rings (SSSR count). The van der Waals surface area contributed by atoms with Crippen LogP contribution in [0.5, 0.6) is 0 Å². The number of benzene rings is 1. The van der Waals surface area contributed by atoms with E-state index in [0.29, 0.717) is 18.4 Å². The van der Waals surface area contributed by atoms with Crippen LogP contribution in [0.1, 0.15) is 36.8 Å². The third-order valence-corrected chi connectivity index (χ3v) is 5.53. The lowest BCUT2D eigenvalue weighted by Gasteiger charge is -2.49. The number of likely N-dealkylation sites (N-methyl/N-ethyl adjacent to an activating group) is 1. The van der Waals surface area contributed by atoms with Gasteiger partial charge in [-0.15, -0.1) is 0 Å². The van der Waals surface area contributed by atoms with Crippen LogP contribution < -0.4 is 0 Å². The number of nitriles is 1. The number of aromatic nitrogens is 1. The zero-order valence-corrected chi connectivity index (χ0v) is 12.7. The number of nitrogens with one attached hydrogen (secondary N) is 1. The number of rotatable bonds is 1. The van der Waals surface area contributed by atoms with Crippen molar-refractivity contribution in [1.29, 1.82) is 5.26 Å². The Bertz CT molecular complexity index is 738. The average molecular weight is 279 g/mol. The molecule has 1 saturated heterocycles. The molecule has 0 spiro atoms. The molecule has 0 amide bonds. The van der Waals surface area contributed by atoms with Crippen LogP contribution in [0.25, 0.3) is 10.9 Å². The summed E-state index contributed by atoms with van der Waals surface area (Å²) in [7, 11) is 2.23. The van der Waals surface area contributed by atoms with Crippen molar-refractivity contribution in [2.24, 2.45) is 5.41 Å². The number of aromatic amines is 1. The Labute approximate surface area is 125 Å². The van der Waals surface area contributed by atoms with Crippen LogP contribution in [0, 0.1) is 16.7 Å². The van der Waals surface area contributed by atoms with Crippen molar-refractivity contribution in [3.8, 4) is 6.07 Å². The first kappa shape index (κ1) is 12.9. The van der Waals surface area contributed by atoms with Gasteiger partial charge in [-0.05, 0) is 42.5 Å². The summed E-state index contributed by atoms with van der Waals surface area (Å²) in [5.41, 5.74) is 4.31. The van der Waals surface area contributed by atoms with E-state index < -0.39 is 0 Å². The first-order valence-electron chi connectivity index (χ1n) is 7.77. The number of piperidine rings is 1. The molecule has 21 heavy (non-hydrogen) atoms. The predicted octanol–water partition coefficient (Wildman–Crippen LogP) is 3.43. The van der Waals surface area contributed by atoms with Crippen molar-refractivity contribution in [2.45, 2.75) is 38.1 Å². The standard InChI is InChI=1S/C18H21N3/c1-18(6-7-19)9-14-13-4-3-5-15-17(13)12(10-20-15)8-16(14)21(2)11-18/h3-5,10,14,16,20H,6,8-9,11H2,1-2H3/t14-,16-,18+/m1/s1. The van der Waals surface area contributed by atoms with Crippen LogP contribution >= 0.6 is 0 Å². The maximum absolute atomic E-state index is 9.17.